The molecule has 402 valence electrons. The van der Waals surface area contributed by atoms with Gasteiger partial charge in [-0.3, -0.25) is 19.4 Å². The van der Waals surface area contributed by atoms with Crippen LogP contribution in [-0.2, 0) is 40.3 Å². The number of unbranched alkanes of at least 4 members (excludes halogenated alkanes) is 1. The van der Waals surface area contributed by atoms with Gasteiger partial charge in [0.05, 0.1) is 0 Å². The number of ketones is 1. The fourth-order valence-electron chi connectivity index (χ4n) is 10.9. The van der Waals surface area contributed by atoms with E-state index >= 15 is 4.57 Å². The lowest BCUT2D eigenvalue weighted by Gasteiger charge is -2.32. The zero-order valence-electron chi connectivity index (χ0n) is 46.2. The molecule has 2 aliphatic rings. The standard InChI is InChI=1S/C63H72B2N5O7P/c1-42(2)59(71)25-16-17-33-69(38-45-19-10-14-23-57(45)64(73)74)41-56-50-22-13-12-21-49(50)55(40-70(34-18-32-66-63(72)43(3)4)39-46-20-11-15-24-58(46)65(75)76)51-29-26-44(35-54(51)56)62-52-30-27-47(67(5)6)36-60(52)78(9,77)61-37-48(68(7)8)28-31-53(61)62/h10-15,19-24,26-31,35-37,73-76H,1,3,16-18,25,32-34,38-41H2,2,4-9H3/p+1. The van der Waals surface area contributed by atoms with Gasteiger partial charge in [-0.15, -0.1) is 0 Å². The van der Waals surface area contributed by atoms with Crippen molar-refractivity contribution in [3.05, 3.63) is 196 Å². The van der Waals surface area contributed by atoms with Crippen molar-refractivity contribution in [2.75, 3.05) is 59.4 Å². The molecule has 0 bridgehead atoms. The van der Waals surface area contributed by atoms with Crippen LogP contribution < -0.4 is 26.4 Å². The van der Waals surface area contributed by atoms with Crippen LogP contribution >= 0.6 is 7.14 Å². The van der Waals surface area contributed by atoms with Crippen molar-refractivity contribution < 1.29 is 38.8 Å². The van der Waals surface area contributed by atoms with Crippen molar-refractivity contribution >= 4 is 87.8 Å². The third kappa shape index (κ3) is 12.7. The summed E-state index contributed by atoms with van der Waals surface area (Å²) in [5, 5.41) is 51.0. The molecule has 1 heterocycles. The lowest BCUT2D eigenvalue weighted by molar-refractivity contribution is -0.462. The maximum absolute atomic E-state index is 15.5. The number of fused-ring (bicyclic) bond motifs is 4. The fourth-order valence-corrected chi connectivity index (χ4v) is 13.2. The Balaban J connectivity index is 1.37. The summed E-state index contributed by atoms with van der Waals surface area (Å²) in [4.78, 5) is 32.1. The summed E-state index contributed by atoms with van der Waals surface area (Å²) < 4.78 is 17.5. The van der Waals surface area contributed by atoms with Gasteiger partial charge in [-0.05, 0) is 153 Å². The van der Waals surface area contributed by atoms with E-state index in [9.17, 15) is 29.7 Å². The molecule has 8 rings (SSSR count). The summed E-state index contributed by atoms with van der Waals surface area (Å²) in [7, 11) is 1.51. The third-order valence-electron chi connectivity index (χ3n) is 15.1. The second-order valence-corrected chi connectivity index (χ2v) is 24.2. The number of benzene rings is 6. The Morgan fingerprint density at radius 3 is 1.79 bits per heavy atom. The minimum atomic E-state index is -3.13. The molecule has 6 aromatic carbocycles. The summed E-state index contributed by atoms with van der Waals surface area (Å²) in [6.07, 6.45) is 8.64. The molecule has 78 heavy (non-hydrogen) atoms. The van der Waals surface area contributed by atoms with Crippen molar-refractivity contribution in [3.63, 3.8) is 0 Å². The second kappa shape index (κ2) is 24.9. The predicted octanol–water partition coefficient (Wildman–Crippen LogP) is 7.42. The molecule has 0 aromatic heterocycles. The Kier molecular flexibility index (Phi) is 18.4. The molecule has 0 saturated heterocycles. The second-order valence-electron chi connectivity index (χ2n) is 21.4. The molecule has 0 saturated carbocycles. The average Bonchev–Trinajstić information content (AvgIpc) is 3.57. The predicted molar refractivity (Wildman–Crippen MR) is 323 cm³/mol. The monoisotopic (exact) mass is 1060 g/mol. The third-order valence-corrected chi connectivity index (χ3v) is 17.7. The molecular weight excluding hydrogens is 991 g/mol. The van der Waals surface area contributed by atoms with Crippen molar-refractivity contribution in [3.8, 4) is 0 Å². The number of carbonyl (C=O) groups is 2. The van der Waals surface area contributed by atoms with E-state index < -0.39 is 21.4 Å². The van der Waals surface area contributed by atoms with E-state index in [1.54, 1.807) is 38.1 Å². The van der Waals surface area contributed by atoms with Gasteiger partial charge in [-0.1, -0.05) is 104 Å². The lowest BCUT2D eigenvalue weighted by atomic mass is 9.77. The number of nitrogens with one attached hydrogen (secondary N) is 1. The SMILES string of the molecule is C=C(C)C(=O)CCCCN(Cc1ccccc1B(O)O)Cc1c2ccccc2c(CN(CCCNC(=O)C(=C)C)Cc2ccccc2B(O)O)c2ccc(C3=C4C=CC(=[N+](C)C)C=C4P(C)(=O)c4cc(N(C)C)ccc43)cc12. The minimum absolute atomic E-state index is 0.0377. The number of amides is 1. The van der Waals surface area contributed by atoms with E-state index in [2.05, 4.69) is 107 Å². The van der Waals surface area contributed by atoms with E-state index in [4.69, 9.17) is 0 Å². The van der Waals surface area contributed by atoms with Crippen LogP contribution in [0.2, 0.25) is 0 Å². The van der Waals surface area contributed by atoms with E-state index in [1.807, 2.05) is 68.6 Å². The van der Waals surface area contributed by atoms with Crippen molar-refractivity contribution in [1.29, 1.82) is 0 Å². The molecule has 1 aliphatic carbocycles. The number of Topliss-reactive ketones (excluding diaryl/α,β-unsaturated/α-hetero) is 1. The van der Waals surface area contributed by atoms with Gasteiger partial charge < -0.3 is 34.9 Å². The van der Waals surface area contributed by atoms with E-state index in [1.165, 1.54) is 0 Å². The lowest BCUT2D eigenvalue weighted by Crippen LogP contribution is -2.36. The molecule has 12 nitrogen and oxygen atoms in total. The quantitative estimate of drug-likeness (QED) is 0.0109. The minimum Gasteiger partial charge on any atom is -0.423 e. The van der Waals surface area contributed by atoms with Crippen molar-refractivity contribution in [1.82, 2.24) is 15.1 Å². The van der Waals surface area contributed by atoms with Gasteiger partial charge in [0.15, 0.2) is 11.5 Å². The highest BCUT2D eigenvalue weighted by Gasteiger charge is 2.39. The summed E-state index contributed by atoms with van der Waals surface area (Å²) in [6.45, 7) is 16.3. The molecule has 6 aromatic rings. The Morgan fingerprint density at radius 1 is 0.667 bits per heavy atom. The fraction of sp³-hybridized carbons (Fsp3) is 0.286. The molecule has 0 spiro atoms. The van der Waals surface area contributed by atoms with E-state index in [-0.39, 0.29) is 11.7 Å². The number of rotatable bonds is 23. The van der Waals surface area contributed by atoms with Crippen LogP contribution in [0.15, 0.2) is 163 Å². The van der Waals surface area contributed by atoms with Gasteiger partial charge >= 0.3 is 14.2 Å². The highest BCUT2D eigenvalue weighted by atomic mass is 31.2. The summed E-state index contributed by atoms with van der Waals surface area (Å²) in [6, 6.07) is 36.1. The summed E-state index contributed by atoms with van der Waals surface area (Å²) >= 11 is 0. The molecular formula is C63H73B2N5O7P+. The Labute approximate surface area is 460 Å². The number of allylic oxidation sites excluding steroid dienone is 6. The topological polar surface area (TPSA) is 157 Å². The molecule has 1 amide bonds. The maximum atomic E-state index is 15.5. The largest absolute Gasteiger partial charge is 0.488 e. The highest BCUT2D eigenvalue weighted by molar-refractivity contribution is 7.75. The summed E-state index contributed by atoms with van der Waals surface area (Å²) in [5.41, 5.74) is 11.2. The number of hydrogen-bond acceptors (Lipinski definition) is 10. The first-order valence-corrected chi connectivity index (χ1v) is 28.9. The van der Waals surface area contributed by atoms with Gasteiger partial charge in [0.25, 0.3) is 0 Å². The molecule has 1 atom stereocenters. The van der Waals surface area contributed by atoms with Crippen LogP contribution in [0.3, 0.4) is 0 Å². The molecule has 15 heteroatoms. The smallest absolute Gasteiger partial charge is 0.423 e. The molecule has 1 unspecified atom stereocenters. The Morgan fingerprint density at radius 2 is 1.23 bits per heavy atom. The first-order valence-electron chi connectivity index (χ1n) is 26.8. The van der Waals surface area contributed by atoms with Crippen molar-refractivity contribution in [2.45, 2.75) is 65.7 Å². The maximum Gasteiger partial charge on any atom is 0.488 e. The molecule has 0 radical (unpaired) electrons. The van der Waals surface area contributed by atoms with Crippen molar-refractivity contribution in [2.24, 2.45) is 0 Å². The van der Waals surface area contributed by atoms with Crippen LogP contribution in [0.1, 0.15) is 72.9 Å². The normalized spacial score (nSPS) is 14.9. The van der Waals surface area contributed by atoms with Gasteiger partial charge in [0, 0.05) is 93.8 Å². The highest BCUT2D eigenvalue weighted by Crippen LogP contribution is 2.60. The zero-order chi connectivity index (χ0) is 56.0. The van der Waals surface area contributed by atoms with Gasteiger partial charge in [0.1, 0.15) is 21.2 Å². The molecule has 1 aliphatic heterocycles. The molecule has 5 N–H and O–H groups in total. The average molecular weight is 1060 g/mol. The number of hydrogen-bond donors (Lipinski definition) is 5. The van der Waals surface area contributed by atoms with Crippen LogP contribution in [0, 0.1) is 0 Å². The first-order chi connectivity index (χ1) is 37.2. The number of carbonyl (C=O) groups excluding carboxylic acids is 2. The Hall–Kier alpha value is -6.73. The van der Waals surface area contributed by atoms with Crippen LogP contribution in [0.25, 0.3) is 27.1 Å². The van der Waals surface area contributed by atoms with Crippen LogP contribution in [-0.4, -0.2) is 121 Å². The van der Waals surface area contributed by atoms with Gasteiger partial charge in [-0.25, -0.2) is 4.58 Å². The zero-order valence-corrected chi connectivity index (χ0v) is 47.1. The van der Waals surface area contributed by atoms with E-state index in [0.717, 1.165) is 88.1 Å². The van der Waals surface area contributed by atoms with Crippen LogP contribution in [0.4, 0.5) is 5.69 Å². The number of nitrogens with zero attached hydrogens (tertiary/aromatic N) is 4. The van der Waals surface area contributed by atoms with Crippen LogP contribution in [0.5, 0.6) is 0 Å². The van der Waals surface area contributed by atoms with Gasteiger partial charge in [0.2, 0.25) is 5.91 Å². The number of anilines is 1. The summed E-state index contributed by atoms with van der Waals surface area (Å²) in [5.74, 6) is -0.168. The van der Waals surface area contributed by atoms with E-state index in [0.29, 0.717) is 93.6 Å². The molecule has 0 fully saturated rings. The first kappa shape index (κ1) is 57.4. The Bertz CT molecular complexity index is 3500. The van der Waals surface area contributed by atoms with Gasteiger partial charge in [-0.2, -0.15) is 0 Å².